The van der Waals surface area contributed by atoms with Gasteiger partial charge in [-0.15, -0.1) is 0 Å². The Hall–Kier alpha value is -8.83. The number of piperidine rings is 4. The second kappa shape index (κ2) is 31.4. The number of carboxylic acids is 1. The third-order valence-corrected chi connectivity index (χ3v) is 19.7. The molecule has 0 spiro atoms. The van der Waals surface area contributed by atoms with Crippen LogP contribution in [0.25, 0.3) is 10.9 Å². The van der Waals surface area contributed by atoms with Crippen LogP contribution in [0.15, 0.2) is 128 Å². The monoisotopic (exact) mass is 1640 g/mol. The van der Waals surface area contributed by atoms with E-state index in [2.05, 4.69) is 127 Å². The van der Waals surface area contributed by atoms with E-state index >= 15 is 0 Å². The van der Waals surface area contributed by atoms with Gasteiger partial charge in [0.15, 0.2) is 11.5 Å². The first-order valence-electron chi connectivity index (χ1n) is 33.2. The highest BCUT2D eigenvalue weighted by molar-refractivity contribution is 9.11. The van der Waals surface area contributed by atoms with Crippen LogP contribution in [0.3, 0.4) is 0 Å². The van der Waals surface area contributed by atoms with Gasteiger partial charge in [0.2, 0.25) is 23.5 Å². The lowest BCUT2D eigenvalue weighted by Crippen LogP contribution is -2.47. The molecule has 8 N–H and O–H groups in total. The second-order valence-corrected chi connectivity index (χ2v) is 31.2. The third-order valence-electron chi connectivity index (χ3n) is 17.9. The zero-order chi connectivity index (χ0) is 73.1. The molecule has 15 rings (SSSR count). The number of pyridine rings is 4. The average Bonchev–Trinajstić information content (AvgIpc) is 1.60. The first kappa shape index (κ1) is 74.4. The van der Waals surface area contributed by atoms with Crippen LogP contribution in [0.5, 0.6) is 0 Å². The quantitative estimate of drug-likeness (QED) is 0.0518. The standard InChI is InChI=1S/C28H22BrN7O3.C16H20BrN3O3.C11H12BrN3O.C11H17NO4.C5H5BrN2/c29-24-4-1-3-18(33-24)14-23(37)22-13-17-12-21(17)36(22)26(38)15-35-20-7-5-16(6-8-25-31-9-2-10-32-25)11-19(20)27(34-35)28(30)39;1-16(2,3)23-15(22)20-10-7-9(10)8-11(20)14(21)19-13-6-4-5-12(17)18-13;12-9-2-1-3-10(14-9)15-11(16)8-5-6-4-7(6)13-8;1-11(2,3)16-10(15)12-7-4-6(7)5-8(12)9(13)14;6-4-2-1-3-5(7)8-4/h1-5,7,9-11,17,21-22H,12-15H2,(H2,30,39);4-6,9-11H,7-8H2,1-3H3,(H,18,19,21);1-3,6-8,13H,4-5H2,(H,14,15,16);6-8H,4-5H2,1-3H3,(H,13,14);1-3H,(H2,7,8)/t17-,21-,22+;9-,10-,11+;2*6-,7-,8+;/m1111./s1. The maximum atomic E-state index is 13.6. The largest absolute Gasteiger partial charge is 0.480 e. The Morgan fingerprint density at radius 1 is 0.598 bits per heavy atom. The Kier molecular flexibility index (Phi) is 22.9. The molecule has 1 aromatic carbocycles. The molecule has 0 bridgehead atoms. The number of fused-ring (bicyclic) bond motifs is 5. The molecule has 4 aliphatic heterocycles. The number of ether oxygens (including phenoxy) is 2. The number of nitrogens with zero attached hydrogens (tertiary/aromatic N) is 11. The van der Waals surface area contributed by atoms with E-state index in [4.69, 9.17) is 26.0 Å². The van der Waals surface area contributed by atoms with Crippen molar-refractivity contribution in [2.24, 2.45) is 29.4 Å². The molecule has 6 aromatic heterocycles. The zero-order valence-electron chi connectivity index (χ0n) is 56.5. The normalized spacial score (nSPS) is 23.8. The second-order valence-electron chi connectivity index (χ2n) is 28.0. The average molecular weight is 1650 g/mol. The van der Waals surface area contributed by atoms with Crippen LogP contribution in [0, 0.1) is 35.5 Å². The maximum Gasteiger partial charge on any atom is 0.411 e. The summed E-state index contributed by atoms with van der Waals surface area (Å²) >= 11 is 13.1. The van der Waals surface area contributed by atoms with Crippen LogP contribution in [-0.2, 0) is 46.4 Å². The van der Waals surface area contributed by atoms with Gasteiger partial charge in [0, 0.05) is 53.2 Å². The van der Waals surface area contributed by atoms with Crippen LogP contribution < -0.4 is 27.4 Å². The molecule has 8 fully saturated rings. The van der Waals surface area contributed by atoms with Gasteiger partial charge in [-0.1, -0.05) is 30.2 Å². The number of halogens is 4. The van der Waals surface area contributed by atoms with Crippen molar-refractivity contribution in [1.29, 1.82) is 0 Å². The van der Waals surface area contributed by atoms with Crippen molar-refractivity contribution >= 4 is 140 Å². The fourth-order valence-corrected chi connectivity index (χ4v) is 14.5. The van der Waals surface area contributed by atoms with E-state index in [1.165, 1.54) is 16.0 Å². The SMILES string of the molecule is CC(C)(C)OC(=O)N1[C@@H]2C[C@@H]2C[C@H]1C(=O)Nc1cccc(Br)n1.CC(C)(C)OC(=O)N1[C@@H]2C[C@@H]2C[C@H]1C(=O)O.NC(=O)c1nn(CC(=O)N2[C@@H]3C[C@@H]3C[C@H]2C(=O)Cc2cccc(Br)n2)c2ccc(C#Cc3ncccn3)cc12.Nc1cccc(Br)n1.O=C(Nc1cccc(Br)n1)[C@@H]1C[C@H]2C[C@H]2N1. The van der Waals surface area contributed by atoms with Crippen LogP contribution in [-0.4, -0.2) is 167 Å². The van der Waals surface area contributed by atoms with Gasteiger partial charge in [0.05, 0.1) is 24.0 Å². The summed E-state index contributed by atoms with van der Waals surface area (Å²) in [4.78, 5) is 128. The van der Waals surface area contributed by atoms with Crippen molar-refractivity contribution in [2.45, 2.75) is 165 Å². The molecule has 6 amide bonds. The number of nitrogens with one attached hydrogen (secondary N) is 3. The summed E-state index contributed by atoms with van der Waals surface area (Å²) in [6, 6.07) is 27.7. The third kappa shape index (κ3) is 19.5. The Bertz CT molecular complexity index is 4400. The summed E-state index contributed by atoms with van der Waals surface area (Å²) in [6.07, 6.45) is 9.33. The summed E-state index contributed by atoms with van der Waals surface area (Å²) in [5.41, 5.74) is 11.7. The van der Waals surface area contributed by atoms with Crippen molar-refractivity contribution in [3.05, 3.63) is 151 Å². The topological polar surface area (TPSA) is 368 Å². The zero-order valence-corrected chi connectivity index (χ0v) is 62.9. The number of hydrogen-bond donors (Lipinski definition) is 6. The molecule has 4 aliphatic carbocycles. The van der Waals surface area contributed by atoms with E-state index in [9.17, 15) is 38.4 Å². The number of primary amides is 1. The summed E-state index contributed by atoms with van der Waals surface area (Å²) < 4.78 is 15.0. The number of aliphatic carboxylic acids is 1. The molecular weight excluding hydrogens is 1570 g/mol. The van der Waals surface area contributed by atoms with Gasteiger partial charge in [0.25, 0.3) is 5.91 Å². The van der Waals surface area contributed by atoms with Crippen molar-refractivity contribution < 1.29 is 52.9 Å². The van der Waals surface area contributed by atoms with Gasteiger partial charge in [-0.25, -0.2) is 44.3 Å². The lowest BCUT2D eigenvalue weighted by atomic mass is 10.0. The molecule has 7 aromatic rings. The number of anilines is 3. The van der Waals surface area contributed by atoms with Gasteiger partial charge in [-0.3, -0.25) is 38.5 Å². The number of hydrogen-bond acceptors (Lipinski definition) is 19. The van der Waals surface area contributed by atoms with Gasteiger partial charge < -0.3 is 46.9 Å². The Morgan fingerprint density at radius 2 is 1.13 bits per heavy atom. The van der Waals surface area contributed by atoms with Crippen molar-refractivity contribution in [2.75, 3.05) is 16.4 Å². The van der Waals surface area contributed by atoms with E-state index in [1.807, 2.05) is 51.1 Å². The molecular formula is C71H76Br4N16O11. The van der Waals surface area contributed by atoms with E-state index in [0.29, 0.717) is 97.7 Å². The summed E-state index contributed by atoms with van der Waals surface area (Å²) in [6.45, 7) is 10.7. The number of ketones is 1. The van der Waals surface area contributed by atoms with Crippen LogP contribution >= 0.6 is 63.7 Å². The molecule has 534 valence electrons. The van der Waals surface area contributed by atoms with Crippen LogP contribution in [0.2, 0.25) is 0 Å². The maximum absolute atomic E-state index is 13.6. The highest BCUT2D eigenvalue weighted by Gasteiger charge is 2.59. The molecule has 0 radical (unpaired) electrons. The smallest absolute Gasteiger partial charge is 0.411 e. The van der Waals surface area contributed by atoms with Crippen molar-refractivity contribution in [3.63, 3.8) is 0 Å². The molecule has 10 heterocycles. The lowest BCUT2D eigenvalue weighted by Gasteiger charge is -2.29. The predicted octanol–water partition coefficient (Wildman–Crippen LogP) is 9.89. The number of nitrogens with two attached hydrogens (primary N) is 2. The Balaban J connectivity index is 0.000000141. The number of Topliss-reactive ketones (excluding diaryl/α,β-unsaturated/α-hetero) is 1. The first-order valence-corrected chi connectivity index (χ1v) is 36.4. The summed E-state index contributed by atoms with van der Waals surface area (Å²) in [5.74, 6) is 7.61. The molecule has 4 saturated heterocycles. The van der Waals surface area contributed by atoms with E-state index in [1.54, 1.807) is 110 Å². The predicted molar refractivity (Wildman–Crippen MR) is 389 cm³/mol. The first-order chi connectivity index (χ1) is 48.4. The number of nitrogen functional groups attached to an aromatic ring is 1. The number of likely N-dealkylation sites (tertiary alicyclic amines) is 3. The highest BCUT2D eigenvalue weighted by atomic mass is 79.9. The van der Waals surface area contributed by atoms with Gasteiger partial charge in [-0.2, -0.15) is 5.10 Å². The number of carbonyl (C=O) groups is 8. The molecule has 4 saturated carbocycles. The molecule has 12 atom stereocenters. The fourth-order valence-electron chi connectivity index (χ4n) is 13.1. The number of carboxylic acid groups (broad SMARTS) is 1. The number of carbonyl (C=O) groups excluding carboxylic acids is 7. The van der Waals surface area contributed by atoms with Crippen LogP contribution in [0.1, 0.15) is 120 Å². The van der Waals surface area contributed by atoms with E-state index in [0.717, 1.165) is 40.8 Å². The molecule has 0 unspecified atom stereocenters. The summed E-state index contributed by atoms with van der Waals surface area (Å²) in [5, 5.41) is 22.8. The molecule has 27 nitrogen and oxygen atoms in total. The Morgan fingerprint density at radius 3 is 1.65 bits per heavy atom. The minimum absolute atomic E-state index is 0.0257. The minimum atomic E-state index is -0.932. The number of rotatable bonds is 11. The fraction of sp³-hybridized carbons (Fsp3) is 0.423. The molecule has 102 heavy (non-hydrogen) atoms. The number of amides is 6. The molecule has 8 aliphatic rings. The number of aromatic nitrogens is 8. The summed E-state index contributed by atoms with van der Waals surface area (Å²) in [7, 11) is 0. The van der Waals surface area contributed by atoms with Crippen molar-refractivity contribution in [1.82, 2.24) is 59.7 Å². The van der Waals surface area contributed by atoms with E-state index in [-0.39, 0.29) is 66.3 Å². The number of benzene rings is 1. The van der Waals surface area contributed by atoms with Crippen LogP contribution in [0.4, 0.5) is 27.0 Å². The highest BCUT2D eigenvalue weighted by Crippen LogP contribution is 2.51. The lowest BCUT2D eigenvalue weighted by molar-refractivity contribution is -0.142. The van der Waals surface area contributed by atoms with Gasteiger partial charge >= 0.3 is 18.2 Å². The Labute approximate surface area is 621 Å². The van der Waals surface area contributed by atoms with Gasteiger partial charge in [0.1, 0.15) is 65.7 Å². The molecule has 31 heteroatoms. The van der Waals surface area contributed by atoms with Gasteiger partial charge in [-0.05, 0) is 259 Å². The van der Waals surface area contributed by atoms with Crippen molar-refractivity contribution in [3.8, 4) is 11.8 Å². The minimum Gasteiger partial charge on any atom is -0.480 e. The van der Waals surface area contributed by atoms with E-state index < -0.39 is 53.4 Å².